The monoisotopic (exact) mass is 406 g/mol. The van der Waals surface area contributed by atoms with Crippen LogP contribution in [0.4, 0.5) is 9.18 Å². The molecule has 1 aromatic heterocycles. The van der Waals surface area contributed by atoms with Crippen molar-refractivity contribution in [2.45, 2.75) is 24.6 Å². The zero-order valence-corrected chi connectivity index (χ0v) is 16.3. The van der Waals surface area contributed by atoms with Gasteiger partial charge in [-0.15, -0.1) is 10.2 Å². The number of nitrogens with zero attached hydrogens (tertiary/aromatic N) is 5. The van der Waals surface area contributed by atoms with Crippen molar-refractivity contribution in [2.24, 2.45) is 0 Å². The molecule has 28 heavy (non-hydrogen) atoms. The largest absolute Gasteiger partial charge is 0.482 e. The molecule has 1 N–H and O–H groups in total. The molecule has 0 spiro atoms. The molecule has 150 valence electrons. The lowest BCUT2D eigenvalue weighted by atomic mass is 10.3. The molecule has 2 amide bonds. The Balaban J connectivity index is 1.40. The highest BCUT2D eigenvalue weighted by molar-refractivity contribution is 7.99. The van der Waals surface area contributed by atoms with Crippen molar-refractivity contribution in [1.29, 1.82) is 0 Å². The van der Waals surface area contributed by atoms with E-state index < -0.39 is 5.82 Å². The van der Waals surface area contributed by atoms with Gasteiger partial charge in [-0.3, -0.25) is 0 Å². The first kappa shape index (κ1) is 19.0. The average molecular weight is 406 g/mol. The van der Waals surface area contributed by atoms with Crippen LogP contribution in [-0.4, -0.2) is 64.3 Å². The third-order valence-electron chi connectivity index (χ3n) is 4.78. The van der Waals surface area contributed by atoms with E-state index in [4.69, 9.17) is 4.74 Å². The highest BCUT2D eigenvalue weighted by atomic mass is 32.2. The van der Waals surface area contributed by atoms with Crippen LogP contribution in [0.25, 0.3) is 0 Å². The van der Waals surface area contributed by atoms with Crippen molar-refractivity contribution in [3.05, 3.63) is 35.9 Å². The van der Waals surface area contributed by atoms with E-state index in [-0.39, 0.29) is 18.4 Å². The van der Waals surface area contributed by atoms with E-state index in [9.17, 15) is 9.18 Å². The number of nitrogens with one attached hydrogen (secondary N) is 1. The molecule has 0 bridgehead atoms. The standard InChI is InChI=1S/C18H23FN6O2S/c19-14-5-1-2-6-15(14)27-13-16-21-22-18-25(16)24(11-12-28-18)17(26)20-7-10-23-8-3-4-9-23/h1-2,5-6H,3-4,7-13H2,(H,20,26). The molecule has 4 rings (SSSR count). The van der Waals surface area contributed by atoms with Crippen LogP contribution in [0.1, 0.15) is 18.7 Å². The second-order valence-electron chi connectivity index (χ2n) is 6.68. The molecule has 1 fully saturated rings. The van der Waals surface area contributed by atoms with E-state index in [1.165, 1.54) is 30.7 Å². The van der Waals surface area contributed by atoms with Gasteiger partial charge >= 0.3 is 6.03 Å². The minimum Gasteiger partial charge on any atom is -0.482 e. The second-order valence-corrected chi connectivity index (χ2v) is 7.74. The summed E-state index contributed by atoms with van der Waals surface area (Å²) in [7, 11) is 0. The summed E-state index contributed by atoms with van der Waals surface area (Å²) in [6, 6.07) is 6.01. The summed E-state index contributed by atoms with van der Waals surface area (Å²) >= 11 is 1.53. The molecule has 1 saturated heterocycles. The summed E-state index contributed by atoms with van der Waals surface area (Å²) < 4.78 is 21.0. The Morgan fingerprint density at radius 2 is 2.04 bits per heavy atom. The van der Waals surface area contributed by atoms with Crippen molar-refractivity contribution in [3.63, 3.8) is 0 Å². The first-order chi connectivity index (χ1) is 13.7. The lowest BCUT2D eigenvalue weighted by molar-refractivity contribution is 0.234. The van der Waals surface area contributed by atoms with E-state index >= 15 is 0 Å². The van der Waals surface area contributed by atoms with Crippen LogP contribution in [0.3, 0.4) is 0 Å². The number of ether oxygens (including phenoxy) is 1. The number of aromatic nitrogens is 3. The van der Waals surface area contributed by atoms with E-state index in [2.05, 4.69) is 20.4 Å². The Morgan fingerprint density at radius 3 is 2.86 bits per heavy atom. The summed E-state index contributed by atoms with van der Waals surface area (Å²) in [4.78, 5) is 15.1. The maximum Gasteiger partial charge on any atom is 0.336 e. The van der Waals surface area contributed by atoms with Crippen LogP contribution in [0.5, 0.6) is 5.75 Å². The smallest absolute Gasteiger partial charge is 0.336 e. The number of fused-ring (bicyclic) bond motifs is 1. The average Bonchev–Trinajstić information content (AvgIpc) is 3.37. The summed E-state index contributed by atoms with van der Waals surface area (Å²) in [5.74, 6) is 0.906. The van der Waals surface area contributed by atoms with Gasteiger partial charge in [0.25, 0.3) is 0 Å². The Bertz CT molecular complexity index is 826. The van der Waals surface area contributed by atoms with Crippen LogP contribution >= 0.6 is 11.8 Å². The van der Waals surface area contributed by atoms with Crippen LogP contribution < -0.4 is 15.1 Å². The molecule has 3 heterocycles. The maximum atomic E-state index is 13.8. The molecular weight excluding hydrogens is 383 g/mol. The van der Waals surface area contributed by atoms with Crippen molar-refractivity contribution in [1.82, 2.24) is 25.1 Å². The number of urea groups is 1. The topological polar surface area (TPSA) is 75.5 Å². The fourth-order valence-electron chi connectivity index (χ4n) is 3.36. The molecule has 1 aromatic carbocycles. The highest BCUT2D eigenvalue weighted by Gasteiger charge is 2.27. The predicted molar refractivity (Wildman–Crippen MR) is 104 cm³/mol. The Labute approximate surface area is 167 Å². The van der Waals surface area contributed by atoms with Crippen LogP contribution in [-0.2, 0) is 6.61 Å². The van der Waals surface area contributed by atoms with Gasteiger partial charge in [-0.2, -0.15) is 0 Å². The molecular formula is C18H23FN6O2S. The van der Waals surface area contributed by atoms with Gasteiger partial charge in [0, 0.05) is 18.8 Å². The Kier molecular flexibility index (Phi) is 5.96. The molecule has 2 aliphatic rings. The lowest BCUT2D eigenvalue weighted by Gasteiger charge is -2.29. The molecule has 10 heteroatoms. The van der Waals surface area contributed by atoms with Gasteiger partial charge in [-0.05, 0) is 38.1 Å². The molecule has 0 atom stereocenters. The zero-order valence-electron chi connectivity index (χ0n) is 15.5. The number of hydrogen-bond donors (Lipinski definition) is 1. The van der Waals surface area contributed by atoms with Crippen LogP contribution in [0.2, 0.25) is 0 Å². The quantitative estimate of drug-likeness (QED) is 0.789. The molecule has 2 aliphatic heterocycles. The minimum absolute atomic E-state index is 0.0199. The number of para-hydroxylation sites is 1. The molecule has 0 aliphatic carbocycles. The second kappa shape index (κ2) is 8.78. The zero-order chi connectivity index (χ0) is 19.3. The van der Waals surface area contributed by atoms with Gasteiger partial charge in [0.05, 0.1) is 6.54 Å². The van der Waals surface area contributed by atoms with Crippen LogP contribution in [0.15, 0.2) is 29.4 Å². The first-order valence-corrected chi connectivity index (χ1v) is 10.4. The Morgan fingerprint density at radius 1 is 1.21 bits per heavy atom. The highest BCUT2D eigenvalue weighted by Crippen LogP contribution is 2.23. The molecule has 8 nitrogen and oxygen atoms in total. The summed E-state index contributed by atoms with van der Waals surface area (Å²) in [6.45, 7) is 4.21. The summed E-state index contributed by atoms with van der Waals surface area (Å²) in [5, 5.41) is 13.5. The van der Waals surface area contributed by atoms with E-state index in [1.54, 1.807) is 27.9 Å². The number of thioether (sulfide) groups is 1. The molecule has 0 saturated carbocycles. The number of amides is 2. The maximum absolute atomic E-state index is 13.8. The van der Waals surface area contributed by atoms with Gasteiger partial charge in [0.2, 0.25) is 5.16 Å². The van der Waals surface area contributed by atoms with Crippen molar-refractivity contribution < 1.29 is 13.9 Å². The van der Waals surface area contributed by atoms with Gasteiger partial charge < -0.3 is 15.0 Å². The number of likely N-dealkylation sites (tertiary alicyclic amines) is 1. The van der Waals surface area contributed by atoms with Crippen molar-refractivity contribution in [3.8, 4) is 5.75 Å². The third kappa shape index (κ3) is 4.22. The fraction of sp³-hybridized carbons (Fsp3) is 0.500. The van der Waals surface area contributed by atoms with E-state index in [1.807, 2.05) is 0 Å². The SMILES string of the molecule is O=C(NCCN1CCCC1)N1CCSc2nnc(COc3ccccc3F)n21. The number of benzene rings is 1. The molecule has 2 aromatic rings. The fourth-order valence-corrected chi connectivity index (χ4v) is 4.23. The van der Waals surface area contributed by atoms with Gasteiger partial charge in [0.15, 0.2) is 17.4 Å². The third-order valence-corrected chi connectivity index (χ3v) is 5.68. The number of carbonyl (C=O) groups is 1. The minimum atomic E-state index is -0.438. The predicted octanol–water partition coefficient (Wildman–Crippen LogP) is 1.85. The Hall–Kier alpha value is -2.33. The van der Waals surface area contributed by atoms with E-state index in [0.717, 1.165) is 25.4 Å². The van der Waals surface area contributed by atoms with E-state index in [0.29, 0.717) is 24.1 Å². The van der Waals surface area contributed by atoms with Gasteiger partial charge in [-0.1, -0.05) is 23.9 Å². The molecule has 0 radical (unpaired) electrons. The number of halogens is 1. The number of hydrogen-bond acceptors (Lipinski definition) is 6. The van der Waals surface area contributed by atoms with Crippen LogP contribution in [0, 0.1) is 5.82 Å². The normalized spacial score (nSPS) is 16.8. The lowest BCUT2D eigenvalue weighted by Crippen LogP contribution is -2.51. The van der Waals surface area contributed by atoms with Crippen molar-refractivity contribution >= 4 is 17.8 Å². The molecule has 0 unspecified atom stereocenters. The summed E-state index contributed by atoms with van der Waals surface area (Å²) in [5.41, 5.74) is 0. The van der Waals surface area contributed by atoms with Crippen molar-refractivity contribution in [2.75, 3.05) is 43.5 Å². The van der Waals surface area contributed by atoms with Gasteiger partial charge in [0.1, 0.15) is 6.61 Å². The number of rotatable bonds is 6. The number of carbonyl (C=O) groups excluding carboxylic acids is 1. The summed E-state index contributed by atoms with van der Waals surface area (Å²) in [6.07, 6.45) is 2.46. The van der Waals surface area contributed by atoms with Gasteiger partial charge in [-0.25, -0.2) is 18.9 Å². The first-order valence-electron chi connectivity index (χ1n) is 9.45.